The number of hydrogen-bond acceptors (Lipinski definition) is 3. The number of thiophene rings is 2. The Morgan fingerprint density at radius 2 is 2.00 bits per heavy atom. The molecular formula is C15H14FNS2. The summed E-state index contributed by atoms with van der Waals surface area (Å²) in [4.78, 5) is 1.16. The van der Waals surface area contributed by atoms with Crippen LogP contribution in [-0.4, -0.2) is 7.05 Å². The van der Waals surface area contributed by atoms with Crippen LogP contribution in [0.2, 0.25) is 0 Å². The number of nitrogens with one attached hydrogen (secondary N) is 1. The number of halogens is 1. The first-order chi connectivity index (χ1) is 9.19. The van der Waals surface area contributed by atoms with E-state index in [1.54, 1.807) is 34.8 Å². The van der Waals surface area contributed by atoms with E-state index in [1.807, 2.05) is 20.0 Å². The molecule has 4 heteroatoms. The molecule has 0 radical (unpaired) electrons. The van der Waals surface area contributed by atoms with Crippen molar-refractivity contribution < 1.29 is 4.39 Å². The summed E-state index contributed by atoms with van der Waals surface area (Å²) in [5.41, 5.74) is 1.80. The SMILES string of the molecule is CNC(c1cc2sccc2s1)c1cc(C)ccc1F. The third-order valence-corrected chi connectivity index (χ3v) is 5.35. The largest absolute Gasteiger partial charge is 0.309 e. The summed E-state index contributed by atoms with van der Waals surface area (Å²) in [5, 5.41) is 5.32. The summed E-state index contributed by atoms with van der Waals surface area (Å²) in [7, 11) is 1.88. The molecule has 0 aliphatic rings. The fourth-order valence-electron chi connectivity index (χ4n) is 2.26. The van der Waals surface area contributed by atoms with Gasteiger partial charge in [-0.2, -0.15) is 0 Å². The van der Waals surface area contributed by atoms with E-state index in [9.17, 15) is 4.39 Å². The number of rotatable bonds is 3. The van der Waals surface area contributed by atoms with Gasteiger partial charge in [0.25, 0.3) is 0 Å². The van der Waals surface area contributed by atoms with E-state index in [0.717, 1.165) is 16.0 Å². The first-order valence-corrected chi connectivity index (χ1v) is 7.79. The van der Waals surface area contributed by atoms with Gasteiger partial charge in [-0.25, -0.2) is 4.39 Å². The molecule has 3 rings (SSSR count). The zero-order chi connectivity index (χ0) is 13.4. The lowest BCUT2D eigenvalue weighted by molar-refractivity contribution is 0.579. The minimum atomic E-state index is -0.151. The maximum absolute atomic E-state index is 14.0. The molecule has 1 atom stereocenters. The van der Waals surface area contributed by atoms with E-state index in [4.69, 9.17) is 0 Å². The molecule has 1 aromatic carbocycles. The van der Waals surface area contributed by atoms with Crippen molar-refractivity contribution in [2.24, 2.45) is 0 Å². The van der Waals surface area contributed by atoms with Crippen LogP contribution in [0.3, 0.4) is 0 Å². The maximum Gasteiger partial charge on any atom is 0.128 e. The van der Waals surface area contributed by atoms with Crippen molar-refractivity contribution in [3.63, 3.8) is 0 Å². The fourth-order valence-corrected chi connectivity index (χ4v) is 4.51. The Hall–Kier alpha value is -1.23. The predicted octanol–water partition coefficient (Wildman–Crippen LogP) is 4.72. The van der Waals surface area contributed by atoms with E-state index < -0.39 is 0 Å². The minimum absolute atomic E-state index is 0.0792. The Kier molecular flexibility index (Phi) is 3.39. The lowest BCUT2D eigenvalue weighted by atomic mass is 10.0. The Labute approximate surface area is 119 Å². The van der Waals surface area contributed by atoms with Crippen molar-refractivity contribution in [3.05, 3.63) is 57.5 Å². The second-order valence-electron chi connectivity index (χ2n) is 4.54. The topological polar surface area (TPSA) is 12.0 Å². The lowest BCUT2D eigenvalue weighted by Crippen LogP contribution is -2.18. The van der Waals surface area contributed by atoms with E-state index in [0.29, 0.717) is 0 Å². The smallest absolute Gasteiger partial charge is 0.128 e. The van der Waals surface area contributed by atoms with Gasteiger partial charge < -0.3 is 5.32 Å². The zero-order valence-corrected chi connectivity index (χ0v) is 12.4. The van der Waals surface area contributed by atoms with Crippen LogP contribution in [0.25, 0.3) is 9.40 Å². The number of hydrogen-bond donors (Lipinski definition) is 1. The molecule has 0 spiro atoms. The van der Waals surface area contributed by atoms with Gasteiger partial charge in [0.05, 0.1) is 6.04 Å². The Morgan fingerprint density at radius 3 is 2.74 bits per heavy atom. The van der Waals surface area contributed by atoms with E-state index >= 15 is 0 Å². The standard InChI is InChI=1S/C15H14FNS2/c1-9-3-4-11(16)10(7-9)15(17-2)14-8-13-12(19-14)5-6-18-13/h3-8,15,17H,1-2H3. The van der Waals surface area contributed by atoms with Gasteiger partial charge in [-0.3, -0.25) is 0 Å². The quantitative estimate of drug-likeness (QED) is 0.736. The van der Waals surface area contributed by atoms with Crippen LogP contribution >= 0.6 is 22.7 Å². The minimum Gasteiger partial charge on any atom is -0.309 e. The summed E-state index contributed by atoms with van der Waals surface area (Å²) >= 11 is 3.45. The summed E-state index contributed by atoms with van der Waals surface area (Å²) in [6, 6.07) is 9.47. The number of benzene rings is 1. The maximum atomic E-state index is 14.0. The Morgan fingerprint density at radius 1 is 1.16 bits per heavy atom. The fraction of sp³-hybridized carbons (Fsp3) is 0.200. The first-order valence-electron chi connectivity index (χ1n) is 6.09. The van der Waals surface area contributed by atoms with E-state index in [2.05, 4.69) is 22.8 Å². The molecule has 0 saturated heterocycles. The molecule has 0 aliphatic carbocycles. The van der Waals surface area contributed by atoms with Gasteiger partial charge in [0.15, 0.2) is 0 Å². The van der Waals surface area contributed by atoms with Crippen molar-refractivity contribution in [2.75, 3.05) is 7.05 Å². The highest BCUT2D eigenvalue weighted by molar-refractivity contribution is 7.27. The second-order valence-corrected chi connectivity index (χ2v) is 6.61. The predicted molar refractivity (Wildman–Crippen MR) is 81.7 cm³/mol. The van der Waals surface area contributed by atoms with Gasteiger partial charge in [-0.05, 0) is 37.6 Å². The molecule has 3 aromatic rings. The van der Waals surface area contributed by atoms with Crippen LogP contribution < -0.4 is 5.32 Å². The van der Waals surface area contributed by atoms with Crippen molar-refractivity contribution in [2.45, 2.75) is 13.0 Å². The molecule has 1 N–H and O–H groups in total. The second kappa shape index (κ2) is 5.04. The molecule has 1 nitrogen and oxygen atoms in total. The van der Waals surface area contributed by atoms with Crippen molar-refractivity contribution in [1.29, 1.82) is 0 Å². The third-order valence-electron chi connectivity index (χ3n) is 3.19. The Balaban J connectivity index is 2.09. The molecule has 19 heavy (non-hydrogen) atoms. The van der Waals surface area contributed by atoms with Gasteiger partial charge in [0.1, 0.15) is 5.82 Å². The average molecular weight is 291 g/mol. The summed E-state index contributed by atoms with van der Waals surface area (Å²) in [5.74, 6) is -0.151. The van der Waals surface area contributed by atoms with Crippen molar-refractivity contribution in [3.8, 4) is 0 Å². The molecule has 0 amide bonds. The first kappa shape index (κ1) is 12.8. The summed E-state index contributed by atoms with van der Waals surface area (Å²) in [6.07, 6.45) is 0. The normalized spacial score (nSPS) is 13.0. The molecule has 0 fully saturated rings. The molecule has 1 unspecified atom stereocenters. The van der Waals surface area contributed by atoms with Crippen molar-refractivity contribution in [1.82, 2.24) is 5.32 Å². The van der Waals surface area contributed by atoms with Gasteiger partial charge >= 0.3 is 0 Å². The molecule has 98 valence electrons. The van der Waals surface area contributed by atoms with Gasteiger partial charge in [-0.1, -0.05) is 17.7 Å². The zero-order valence-electron chi connectivity index (χ0n) is 10.7. The summed E-state index contributed by atoms with van der Waals surface area (Å²) < 4.78 is 16.6. The van der Waals surface area contributed by atoms with E-state index in [-0.39, 0.29) is 11.9 Å². The average Bonchev–Trinajstić information content (AvgIpc) is 2.95. The van der Waals surface area contributed by atoms with Crippen LogP contribution in [0.5, 0.6) is 0 Å². The lowest BCUT2D eigenvalue weighted by Gasteiger charge is -2.16. The van der Waals surface area contributed by atoms with Gasteiger partial charge in [-0.15, -0.1) is 22.7 Å². The monoisotopic (exact) mass is 291 g/mol. The highest BCUT2D eigenvalue weighted by Gasteiger charge is 2.19. The highest BCUT2D eigenvalue weighted by atomic mass is 32.1. The molecule has 2 heterocycles. The summed E-state index contributed by atoms with van der Waals surface area (Å²) in [6.45, 7) is 1.99. The highest BCUT2D eigenvalue weighted by Crippen LogP contribution is 2.36. The Bertz CT molecular complexity index is 685. The van der Waals surface area contributed by atoms with Crippen molar-refractivity contribution >= 4 is 32.1 Å². The number of fused-ring (bicyclic) bond motifs is 1. The van der Waals surface area contributed by atoms with Gasteiger partial charge in [0, 0.05) is 19.8 Å². The number of aryl methyl sites for hydroxylation is 1. The molecule has 0 saturated carbocycles. The molecule has 0 bridgehead atoms. The van der Waals surface area contributed by atoms with Gasteiger partial charge in [0.2, 0.25) is 0 Å². The van der Waals surface area contributed by atoms with Crippen LogP contribution in [0.15, 0.2) is 35.7 Å². The van der Waals surface area contributed by atoms with Crippen LogP contribution in [0.4, 0.5) is 4.39 Å². The van der Waals surface area contributed by atoms with E-state index in [1.165, 1.54) is 9.40 Å². The molecule has 2 aromatic heterocycles. The van der Waals surface area contributed by atoms with Crippen LogP contribution in [-0.2, 0) is 0 Å². The van der Waals surface area contributed by atoms with Crippen LogP contribution in [0.1, 0.15) is 22.0 Å². The molecular weight excluding hydrogens is 277 g/mol. The van der Waals surface area contributed by atoms with Crippen LogP contribution in [0, 0.1) is 12.7 Å². The third kappa shape index (κ3) is 2.31. The molecule has 0 aliphatic heterocycles.